The molecule has 21 heavy (non-hydrogen) atoms. The quantitative estimate of drug-likeness (QED) is 0.243. The van der Waals surface area contributed by atoms with Crippen molar-refractivity contribution in [3.8, 4) is 0 Å². The van der Waals surface area contributed by atoms with Crippen LogP contribution in [-0.2, 0) is 19.6 Å². The van der Waals surface area contributed by atoms with Crippen molar-refractivity contribution in [2.24, 2.45) is 0 Å². The van der Waals surface area contributed by atoms with E-state index in [0.29, 0.717) is 0 Å². The number of hydrogen-bond acceptors (Lipinski definition) is 4. The lowest BCUT2D eigenvalue weighted by molar-refractivity contribution is -0.137. The molecule has 0 spiro atoms. The molecule has 0 aromatic heterocycles. The molecule has 0 aromatic carbocycles. The zero-order chi connectivity index (χ0) is 16.0. The van der Waals surface area contributed by atoms with Crippen LogP contribution in [0.2, 0.25) is 0 Å². The van der Waals surface area contributed by atoms with Gasteiger partial charge in [-0.1, -0.05) is 57.9 Å². The summed E-state index contributed by atoms with van der Waals surface area (Å²) >= 11 is 0. The Morgan fingerprint density at radius 2 is 1.62 bits per heavy atom. The van der Waals surface area contributed by atoms with E-state index in [9.17, 15) is 13.2 Å². The van der Waals surface area contributed by atoms with Crippen molar-refractivity contribution >= 4 is 16.1 Å². The topological polar surface area (TPSA) is 80.7 Å². The summed E-state index contributed by atoms with van der Waals surface area (Å²) in [4.78, 5) is 11.2. The van der Waals surface area contributed by atoms with E-state index in [4.69, 9.17) is 4.55 Å². The molecule has 0 bridgehead atoms. The Labute approximate surface area is 128 Å². The molecule has 6 heteroatoms. The molecule has 0 saturated carbocycles. The number of carbonyl (C=O) groups excluding carboxylic acids is 1. The Balaban J connectivity index is 3.40. The summed E-state index contributed by atoms with van der Waals surface area (Å²) in [6, 6.07) is 0. The van der Waals surface area contributed by atoms with E-state index < -0.39 is 21.8 Å². The van der Waals surface area contributed by atoms with Crippen molar-refractivity contribution in [2.45, 2.75) is 64.7 Å². The SMILES string of the molecule is CCCCCCCCCC/C=C/C(=O)OCCS(=O)(=O)O. The highest BCUT2D eigenvalue weighted by atomic mass is 32.2. The van der Waals surface area contributed by atoms with Crippen molar-refractivity contribution in [1.82, 2.24) is 0 Å². The maximum Gasteiger partial charge on any atom is 0.330 e. The summed E-state index contributed by atoms with van der Waals surface area (Å²) in [6.07, 6.45) is 13.8. The van der Waals surface area contributed by atoms with Gasteiger partial charge in [0.1, 0.15) is 12.4 Å². The van der Waals surface area contributed by atoms with Gasteiger partial charge in [-0.25, -0.2) is 4.79 Å². The van der Waals surface area contributed by atoms with Crippen LogP contribution in [0.15, 0.2) is 12.2 Å². The van der Waals surface area contributed by atoms with Crippen molar-refractivity contribution in [3.05, 3.63) is 12.2 Å². The standard InChI is InChI=1S/C15H28O5S/c1-2-3-4-5-6-7-8-9-10-11-12-15(16)20-13-14-21(17,18)19/h11-12H,2-10,13-14H2,1H3,(H,17,18,19)/b12-11+. The first-order valence-corrected chi connectivity index (χ1v) is 9.35. The predicted molar refractivity (Wildman–Crippen MR) is 83.7 cm³/mol. The fourth-order valence-corrected chi connectivity index (χ4v) is 2.17. The monoisotopic (exact) mass is 320 g/mol. The minimum Gasteiger partial charge on any atom is -0.461 e. The van der Waals surface area contributed by atoms with Crippen LogP contribution in [0.3, 0.4) is 0 Å². The zero-order valence-electron chi connectivity index (χ0n) is 12.9. The van der Waals surface area contributed by atoms with Gasteiger partial charge in [0, 0.05) is 6.08 Å². The van der Waals surface area contributed by atoms with Crippen LogP contribution >= 0.6 is 0 Å². The number of hydrogen-bond donors (Lipinski definition) is 1. The Morgan fingerprint density at radius 1 is 1.05 bits per heavy atom. The second kappa shape index (κ2) is 12.8. The third-order valence-electron chi connectivity index (χ3n) is 3.06. The summed E-state index contributed by atoms with van der Waals surface area (Å²) in [7, 11) is -4.07. The van der Waals surface area contributed by atoms with Crippen molar-refractivity contribution in [2.75, 3.05) is 12.4 Å². The van der Waals surface area contributed by atoms with E-state index in [2.05, 4.69) is 11.7 Å². The van der Waals surface area contributed by atoms with Gasteiger partial charge in [0.15, 0.2) is 0 Å². The minimum atomic E-state index is -4.07. The molecule has 0 aliphatic carbocycles. The van der Waals surface area contributed by atoms with Gasteiger partial charge in [-0.05, 0) is 12.8 Å². The number of esters is 1. The molecule has 0 unspecified atom stereocenters. The first-order valence-electron chi connectivity index (χ1n) is 7.74. The van der Waals surface area contributed by atoms with Gasteiger partial charge in [0.25, 0.3) is 10.1 Å². The molecule has 124 valence electrons. The van der Waals surface area contributed by atoms with Crippen LogP contribution in [0.25, 0.3) is 0 Å². The molecule has 0 fully saturated rings. The summed E-state index contributed by atoms with van der Waals surface area (Å²) in [5, 5.41) is 0. The summed E-state index contributed by atoms with van der Waals surface area (Å²) in [5.41, 5.74) is 0. The Kier molecular flexibility index (Phi) is 12.3. The van der Waals surface area contributed by atoms with Gasteiger partial charge >= 0.3 is 5.97 Å². The number of carbonyl (C=O) groups is 1. The lowest BCUT2D eigenvalue weighted by Gasteiger charge is -2.00. The van der Waals surface area contributed by atoms with E-state index in [1.807, 2.05) is 0 Å². The third kappa shape index (κ3) is 17.1. The van der Waals surface area contributed by atoms with Crippen LogP contribution in [0.5, 0.6) is 0 Å². The highest BCUT2D eigenvalue weighted by Gasteiger charge is 2.05. The molecule has 0 atom stereocenters. The predicted octanol–water partition coefficient (Wildman–Crippen LogP) is 3.50. The van der Waals surface area contributed by atoms with E-state index in [-0.39, 0.29) is 6.61 Å². The molecular formula is C15H28O5S. The third-order valence-corrected chi connectivity index (χ3v) is 3.75. The van der Waals surface area contributed by atoms with Crippen molar-refractivity contribution < 1.29 is 22.5 Å². The van der Waals surface area contributed by atoms with Crippen LogP contribution in [-0.4, -0.2) is 31.3 Å². The summed E-state index contributed by atoms with van der Waals surface area (Å²) in [6.45, 7) is 1.89. The van der Waals surface area contributed by atoms with Crippen LogP contribution in [0.4, 0.5) is 0 Å². The van der Waals surface area contributed by atoms with E-state index in [1.165, 1.54) is 44.6 Å². The Bertz CT molecular complexity index is 387. The Morgan fingerprint density at radius 3 is 2.19 bits per heavy atom. The average Bonchev–Trinajstić information content (AvgIpc) is 2.39. The van der Waals surface area contributed by atoms with Gasteiger partial charge in [0.05, 0.1) is 0 Å². The van der Waals surface area contributed by atoms with E-state index in [0.717, 1.165) is 19.3 Å². The van der Waals surface area contributed by atoms with Crippen LogP contribution < -0.4 is 0 Å². The summed E-state index contributed by atoms with van der Waals surface area (Å²) < 4.78 is 33.9. The summed E-state index contributed by atoms with van der Waals surface area (Å²) in [5.74, 6) is -1.14. The number of allylic oxidation sites excluding steroid dienone is 1. The van der Waals surface area contributed by atoms with E-state index in [1.54, 1.807) is 6.08 Å². The smallest absolute Gasteiger partial charge is 0.330 e. The zero-order valence-corrected chi connectivity index (χ0v) is 13.7. The molecule has 0 rings (SSSR count). The van der Waals surface area contributed by atoms with Crippen molar-refractivity contribution in [3.63, 3.8) is 0 Å². The second-order valence-electron chi connectivity index (χ2n) is 5.12. The normalized spacial score (nSPS) is 11.9. The minimum absolute atomic E-state index is 0.320. The fraction of sp³-hybridized carbons (Fsp3) is 0.800. The molecule has 0 aliphatic heterocycles. The van der Waals surface area contributed by atoms with Gasteiger partial charge < -0.3 is 4.74 Å². The highest BCUT2D eigenvalue weighted by Crippen LogP contribution is 2.09. The largest absolute Gasteiger partial charge is 0.461 e. The van der Waals surface area contributed by atoms with Gasteiger partial charge in [-0.2, -0.15) is 8.42 Å². The highest BCUT2D eigenvalue weighted by molar-refractivity contribution is 7.85. The van der Waals surface area contributed by atoms with Gasteiger partial charge in [0.2, 0.25) is 0 Å². The molecule has 0 saturated heterocycles. The van der Waals surface area contributed by atoms with Crippen LogP contribution in [0.1, 0.15) is 64.7 Å². The van der Waals surface area contributed by atoms with Crippen molar-refractivity contribution in [1.29, 1.82) is 0 Å². The maximum absolute atomic E-state index is 11.2. The molecule has 1 N–H and O–H groups in total. The van der Waals surface area contributed by atoms with Gasteiger partial charge in [-0.15, -0.1) is 0 Å². The lowest BCUT2D eigenvalue weighted by Crippen LogP contribution is -2.13. The first-order chi connectivity index (χ1) is 9.95. The lowest BCUT2D eigenvalue weighted by atomic mass is 10.1. The molecule has 0 aliphatic rings. The number of unbranched alkanes of at least 4 members (excludes halogenated alkanes) is 8. The molecule has 0 radical (unpaired) electrons. The molecule has 0 heterocycles. The Hall–Kier alpha value is -0.880. The first kappa shape index (κ1) is 20.1. The molecule has 0 aromatic rings. The van der Waals surface area contributed by atoms with E-state index >= 15 is 0 Å². The number of ether oxygens (including phenoxy) is 1. The number of rotatable bonds is 13. The molecular weight excluding hydrogens is 292 g/mol. The molecule has 5 nitrogen and oxygen atoms in total. The fourth-order valence-electron chi connectivity index (χ4n) is 1.87. The average molecular weight is 320 g/mol. The second-order valence-corrected chi connectivity index (χ2v) is 6.69. The molecule has 0 amide bonds. The maximum atomic E-state index is 11.2. The van der Waals surface area contributed by atoms with Gasteiger partial charge in [-0.3, -0.25) is 4.55 Å². The van der Waals surface area contributed by atoms with Crippen LogP contribution in [0, 0.1) is 0 Å².